The van der Waals surface area contributed by atoms with Crippen LogP contribution in [0.2, 0.25) is 0 Å². The second-order valence-electron chi connectivity index (χ2n) is 8.48. The number of hydrogen-bond donors (Lipinski definition) is 1. The Kier molecular flexibility index (Phi) is 4.61. The number of benzene rings is 2. The fourth-order valence-corrected chi connectivity index (χ4v) is 5.20. The van der Waals surface area contributed by atoms with Crippen LogP contribution in [0.4, 0.5) is 5.69 Å². The normalized spacial score (nSPS) is 27.9. The van der Waals surface area contributed by atoms with E-state index in [1.807, 2.05) is 30.3 Å². The van der Waals surface area contributed by atoms with Crippen LogP contribution in [0.5, 0.6) is 0 Å². The van der Waals surface area contributed by atoms with Crippen molar-refractivity contribution in [2.45, 2.75) is 31.3 Å². The Morgan fingerprint density at radius 2 is 1.42 bits per heavy atom. The standard InChI is InChI=1S/C24H23N3O4/c25-21(28)20-18-17(23(30)26(24(18)31)16-12-5-2-6-13-16)19(14-8-3-1-4-9-14)27(20)22(29)15-10-7-11-15/h1-6,8-9,12-13,15,17-20H,7,10-11H2,(H2,25,28). The smallest absolute Gasteiger partial charge is 0.241 e. The van der Waals surface area contributed by atoms with Crippen LogP contribution in [0.3, 0.4) is 0 Å². The van der Waals surface area contributed by atoms with Crippen LogP contribution in [0.1, 0.15) is 30.9 Å². The van der Waals surface area contributed by atoms with Gasteiger partial charge >= 0.3 is 0 Å². The first-order valence-corrected chi connectivity index (χ1v) is 10.6. The van der Waals surface area contributed by atoms with E-state index in [1.54, 1.807) is 30.3 Å². The van der Waals surface area contributed by atoms with Crippen molar-refractivity contribution in [3.8, 4) is 0 Å². The van der Waals surface area contributed by atoms with E-state index in [2.05, 4.69) is 0 Å². The third-order valence-corrected chi connectivity index (χ3v) is 6.83. The molecule has 0 aromatic heterocycles. The quantitative estimate of drug-likeness (QED) is 0.769. The molecule has 7 nitrogen and oxygen atoms in total. The summed E-state index contributed by atoms with van der Waals surface area (Å²) in [6.45, 7) is 0. The lowest BCUT2D eigenvalue weighted by atomic mass is 9.83. The van der Waals surface area contributed by atoms with E-state index in [-0.39, 0.29) is 11.8 Å². The Morgan fingerprint density at radius 3 is 1.97 bits per heavy atom. The molecule has 2 heterocycles. The fourth-order valence-electron chi connectivity index (χ4n) is 5.20. The number of carbonyl (C=O) groups is 4. The van der Waals surface area contributed by atoms with Crippen LogP contribution in [-0.2, 0) is 19.2 Å². The van der Waals surface area contributed by atoms with Gasteiger partial charge in [0.25, 0.3) is 0 Å². The summed E-state index contributed by atoms with van der Waals surface area (Å²) in [6.07, 6.45) is 2.44. The first kappa shape index (κ1) is 19.5. The molecule has 0 spiro atoms. The van der Waals surface area contributed by atoms with Crippen LogP contribution in [0.15, 0.2) is 60.7 Å². The highest BCUT2D eigenvalue weighted by atomic mass is 16.2. The summed E-state index contributed by atoms with van der Waals surface area (Å²) in [4.78, 5) is 55.7. The molecule has 7 heteroatoms. The zero-order valence-electron chi connectivity index (χ0n) is 16.9. The number of fused-ring (bicyclic) bond motifs is 1. The van der Waals surface area contributed by atoms with E-state index in [4.69, 9.17) is 5.73 Å². The largest absolute Gasteiger partial charge is 0.368 e. The summed E-state index contributed by atoms with van der Waals surface area (Å²) < 4.78 is 0. The molecule has 3 aliphatic rings. The molecule has 1 aliphatic carbocycles. The van der Waals surface area contributed by atoms with Crippen molar-refractivity contribution >= 4 is 29.3 Å². The van der Waals surface area contributed by atoms with Crippen LogP contribution < -0.4 is 10.6 Å². The molecule has 0 bridgehead atoms. The van der Waals surface area contributed by atoms with E-state index >= 15 is 0 Å². The maximum atomic E-state index is 13.6. The predicted octanol–water partition coefficient (Wildman–Crippen LogP) is 2.03. The van der Waals surface area contributed by atoms with Crippen molar-refractivity contribution in [2.24, 2.45) is 23.5 Å². The van der Waals surface area contributed by atoms with E-state index in [1.165, 1.54) is 4.90 Å². The first-order chi connectivity index (χ1) is 15.0. The maximum Gasteiger partial charge on any atom is 0.241 e. The Balaban J connectivity index is 1.64. The summed E-state index contributed by atoms with van der Waals surface area (Å²) in [5.74, 6) is -3.85. The van der Waals surface area contributed by atoms with Crippen molar-refractivity contribution in [1.82, 2.24) is 4.90 Å². The van der Waals surface area contributed by atoms with E-state index < -0.39 is 41.6 Å². The molecule has 2 aliphatic heterocycles. The molecule has 2 aromatic carbocycles. The number of nitrogens with two attached hydrogens (primary N) is 1. The van der Waals surface area contributed by atoms with E-state index in [9.17, 15) is 19.2 Å². The maximum absolute atomic E-state index is 13.6. The second kappa shape index (κ2) is 7.34. The van der Waals surface area contributed by atoms with E-state index in [0.29, 0.717) is 5.69 Å². The number of rotatable bonds is 4. The average Bonchev–Trinajstić information content (AvgIpc) is 3.21. The summed E-state index contributed by atoms with van der Waals surface area (Å²) >= 11 is 0. The summed E-state index contributed by atoms with van der Waals surface area (Å²) in [5, 5.41) is 0. The minimum Gasteiger partial charge on any atom is -0.368 e. The van der Waals surface area contributed by atoms with Gasteiger partial charge in [0.1, 0.15) is 6.04 Å². The molecule has 2 saturated heterocycles. The minimum absolute atomic E-state index is 0.190. The number of para-hydroxylation sites is 1. The third-order valence-electron chi connectivity index (χ3n) is 6.83. The molecule has 3 fully saturated rings. The predicted molar refractivity (Wildman–Crippen MR) is 112 cm³/mol. The summed E-state index contributed by atoms with van der Waals surface area (Å²) in [6, 6.07) is 16.0. The number of imide groups is 1. The van der Waals surface area contributed by atoms with Crippen LogP contribution in [-0.4, -0.2) is 34.6 Å². The molecular weight excluding hydrogens is 394 g/mol. The van der Waals surface area contributed by atoms with Gasteiger partial charge in [0.15, 0.2) is 0 Å². The molecule has 2 aromatic rings. The average molecular weight is 417 g/mol. The topological polar surface area (TPSA) is 101 Å². The highest BCUT2D eigenvalue weighted by molar-refractivity contribution is 6.24. The fraction of sp³-hybridized carbons (Fsp3) is 0.333. The Bertz CT molecular complexity index is 1050. The van der Waals surface area contributed by atoms with Gasteiger partial charge in [-0.05, 0) is 30.5 Å². The van der Waals surface area contributed by atoms with Crippen molar-refractivity contribution in [3.63, 3.8) is 0 Å². The lowest BCUT2D eigenvalue weighted by Crippen LogP contribution is -2.52. The van der Waals surface area contributed by atoms with Gasteiger partial charge in [-0.2, -0.15) is 0 Å². The number of amides is 4. The summed E-state index contributed by atoms with van der Waals surface area (Å²) in [5.41, 5.74) is 6.94. The van der Waals surface area contributed by atoms with Crippen LogP contribution in [0, 0.1) is 17.8 Å². The monoisotopic (exact) mass is 417 g/mol. The lowest BCUT2D eigenvalue weighted by molar-refractivity contribution is -0.147. The van der Waals surface area contributed by atoms with Gasteiger partial charge in [-0.1, -0.05) is 55.0 Å². The number of hydrogen-bond acceptors (Lipinski definition) is 4. The highest BCUT2D eigenvalue weighted by Crippen LogP contribution is 2.52. The number of primary amides is 1. The number of likely N-dealkylation sites (tertiary alicyclic amines) is 1. The number of anilines is 1. The molecule has 5 rings (SSSR count). The van der Waals surface area contributed by atoms with Crippen LogP contribution >= 0.6 is 0 Å². The zero-order chi connectivity index (χ0) is 21.7. The van der Waals surface area contributed by atoms with Crippen molar-refractivity contribution in [2.75, 3.05) is 4.90 Å². The van der Waals surface area contributed by atoms with Gasteiger partial charge < -0.3 is 10.6 Å². The third kappa shape index (κ3) is 2.87. The second-order valence-corrected chi connectivity index (χ2v) is 8.48. The molecule has 1 saturated carbocycles. The molecule has 4 atom stereocenters. The first-order valence-electron chi connectivity index (χ1n) is 10.6. The zero-order valence-corrected chi connectivity index (χ0v) is 16.9. The highest BCUT2D eigenvalue weighted by Gasteiger charge is 2.65. The van der Waals surface area contributed by atoms with Crippen molar-refractivity contribution in [3.05, 3.63) is 66.2 Å². The minimum atomic E-state index is -1.14. The molecule has 4 amide bonds. The van der Waals surface area contributed by atoms with Gasteiger partial charge in [0.2, 0.25) is 23.6 Å². The summed E-state index contributed by atoms with van der Waals surface area (Å²) in [7, 11) is 0. The van der Waals surface area contributed by atoms with Gasteiger partial charge in [0.05, 0.1) is 23.6 Å². The molecule has 0 radical (unpaired) electrons. The van der Waals surface area contributed by atoms with Crippen molar-refractivity contribution < 1.29 is 19.2 Å². The Hall–Kier alpha value is -3.48. The molecular formula is C24H23N3O4. The molecule has 158 valence electrons. The van der Waals surface area contributed by atoms with E-state index in [0.717, 1.165) is 29.7 Å². The molecule has 31 heavy (non-hydrogen) atoms. The lowest BCUT2D eigenvalue weighted by Gasteiger charge is -2.37. The van der Waals surface area contributed by atoms with Gasteiger partial charge in [0, 0.05) is 5.92 Å². The SMILES string of the molecule is NC(=O)C1C2C(=O)N(c3ccccc3)C(=O)C2C(c2ccccc2)N1C(=O)C1CCC1. The van der Waals surface area contributed by atoms with Gasteiger partial charge in [-0.3, -0.25) is 19.2 Å². The van der Waals surface area contributed by atoms with Gasteiger partial charge in [-0.15, -0.1) is 0 Å². The molecule has 4 unspecified atom stereocenters. The van der Waals surface area contributed by atoms with Crippen molar-refractivity contribution in [1.29, 1.82) is 0 Å². The number of nitrogens with zero attached hydrogens (tertiary/aromatic N) is 2. The molecule has 2 N–H and O–H groups in total. The Labute approximate surface area is 179 Å². The Morgan fingerprint density at radius 1 is 0.839 bits per heavy atom. The van der Waals surface area contributed by atoms with Gasteiger partial charge in [-0.25, -0.2) is 4.90 Å². The van der Waals surface area contributed by atoms with Crippen LogP contribution in [0.25, 0.3) is 0 Å². The number of carbonyl (C=O) groups excluding carboxylic acids is 4.